The van der Waals surface area contributed by atoms with Gasteiger partial charge in [-0.3, -0.25) is 9.48 Å². The van der Waals surface area contributed by atoms with Crippen LogP contribution in [-0.4, -0.2) is 35.3 Å². The zero-order valence-corrected chi connectivity index (χ0v) is 13.3. The Morgan fingerprint density at radius 2 is 2.23 bits per heavy atom. The van der Waals surface area contributed by atoms with E-state index in [1.165, 1.54) is 11.3 Å². The molecule has 0 aliphatic heterocycles. The number of carbonyl (C=O) groups is 1. The molecule has 0 spiro atoms. The second kappa shape index (κ2) is 8.22. The smallest absolute Gasteiger partial charge is 0.221 e. The third kappa shape index (κ3) is 4.91. The average molecular weight is 300 g/mol. The first-order valence-electron chi connectivity index (χ1n) is 7.75. The summed E-state index contributed by atoms with van der Waals surface area (Å²) in [5.74, 6) is 0.0656. The summed E-state index contributed by atoms with van der Waals surface area (Å²) in [7, 11) is 0. The Morgan fingerprint density at radius 1 is 1.36 bits per heavy atom. The zero-order valence-electron chi connectivity index (χ0n) is 13.3. The summed E-state index contributed by atoms with van der Waals surface area (Å²) in [6.07, 6.45) is 4.04. The zero-order chi connectivity index (χ0) is 15.8. The molecule has 118 valence electrons. The number of aromatic nitrogens is 2. The molecule has 2 aromatic rings. The van der Waals surface area contributed by atoms with Crippen LogP contribution in [0.5, 0.6) is 0 Å². The van der Waals surface area contributed by atoms with E-state index >= 15 is 0 Å². The molecule has 0 aliphatic carbocycles. The predicted molar refractivity (Wildman–Crippen MR) is 88.9 cm³/mol. The lowest BCUT2D eigenvalue weighted by Gasteiger charge is -2.23. The van der Waals surface area contributed by atoms with Gasteiger partial charge in [-0.05, 0) is 37.6 Å². The van der Waals surface area contributed by atoms with Crippen LogP contribution in [0.2, 0.25) is 0 Å². The second-order valence-corrected chi connectivity index (χ2v) is 5.29. The minimum atomic E-state index is 0.0656. The lowest BCUT2D eigenvalue weighted by Crippen LogP contribution is -2.35. The third-order valence-corrected chi connectivity index (χ3v) is 3.58. The van der Waals surface area contributed by atoms with Gasteiger partial charge in [0.05, 0.1) is 0 Å². The van der Waals surface area contributed by atoms with Gasteiger partial charge in [-0.2, -0.15) is 5.10 Å². The van der Waals surface area contributed by atoms with Gasteiger partial charge in [0, 0.05) is 50.7 Å². The summed E-state index contributed by atoms with van der Waals surface area (Å²) in [6, 6.07) is 10.3. The maximum Gasteiger partial charge on any atom is 0.221 e. The van der Waals surface area contributed by atoms with Gasteiger partial charge in [-0.1, -0.05) is 12.1 Å². The lowest BCUT2D eigenvalue weighted by molar-refractivity contribution is -0.121. The molecule has 5 nitrogen and oxygen atoms in total. The number of nitrogens with zero attached hydrogens (tertiary/aromatic N) is 3. The average Bonchev–Trinajstić information content (AvgIpc) is 3.03. The van der Waals surface area contributed by atoms with Crippen LogP contribution in [0.15, 0.2) is 42.7 Å². The molecule has 22 heavy (non-hydrogen) atoms. The largest absolute Gasteiger partial charge is 0.370 e. The van der Waals surface area contributed by atoms with Crippen molar-refractivity contribution in [3.63, 3.8) is 0 Å². The van der Waals surface area contributed by atoms with E-state index in [4.69, 9.17) is 0 Å². The van der Waals surface area contributed by atoms with E-state index in [9.17, 15) is 4.79 Å². The summed E-state index contributed by atoms with van der Waals surface area (Å²) < 4.78 is 1.77. The van der Waals surface area contributed by atoms with Crippen LogP contribution in [0, 0.1) is 6.92 Å². The first-order valence-corrected chi connectivity index (χ1v) is 7.75. The molecule has 0 fully saturated rings. The highest BCUT2D eigenvalue weighted by Gasteiger charge is 2.06. The van der Waals surface area contributed by atoms with Crippen molar-refractivity contribution in [3.05, 3.63) is 48.3 Å². The molecule has 1 amide bonds. The molecule has 1 aromatic carbocycles. The number of likely N-dealkylation sites (N-methyl/N-ethyl adjacent to an activating group) is 1. The fourth-order valence-corrected chi connectivity index (χ4v) is 2.36. The Labute approximate surface area is 131 Å². The van der Waals surface area contributed by atoms with Crippen molar-refractivity contribution in [1.29, 1.82) is 0 Å². The summed E-state index contributed by atoms with van der Waals surface area (Å²) in [4.78, 5) is 14.1. The Morgan fingerprint density at radius 3 is 2.91 bits per heavy atom. The number of anilines is 1. The number of rotatable bonds is 8. The van der Waals surface area contributed by atoms with Crippen molar-refractivity contribution >= 4 is 11.6 Å². The van der Waals surface area contributed by atoms with Gasteiger partial charge >= 0.3 is 0 Å². The number of nitrogens with one attached hydrogen (secondary N) is 1. The van der Waals surface area contributed by atoms with Gasteiger partial charge < -0.3 is 10.2 Å². The van der Waals surface area contributed by atoms with Crippen molar-refractivity contribution < 1.29 is 4.79 Å². The normalized spacial score (nSPS) is 10.5. The summed E-state index contributed by atoms with van der Waals surface area (Å²) in [5, 5.41) is 7.06. The number of amides is 1. The summed E-state index contributed by atoms with van der Waals surface area (Å²) in [6.45, 7) is 7.23. The molecule has 0 atom stereocenters. The van der Waals surface area contributed by atoms with Gasteiger partial charge in [-0.25, -0.2) is 0 Å². The van der Waals surface area contributed by atoms with Gasteiger partial charge in [0.2, 0.25) is 5.91 Å². The van der Waals surface area contributed by atoms with Crippen LogP contribution >= 0.6 is 0 Å². The Hall–Kier alpha value is -2.30. The van der Waals surface area contributed by atoms with Crippen LogP contribution in [-0.2, 0) is 11.3 Å². The van der Waals surface area contributed by atoms with Crippen LogP contribution in [0.1, 0.15) is 18.9 Å². The van der Waals surface area contributed by atoms with E-state index in [-0.39, 0.29) is 5.91 Å². The van der Waals surface area contributed by atoms with E-state index in [2.05, 4.69) is 53.4 Å². The molecule has 2 rings (SSSR count). The van der Waals surface area contributed by atoms with E-state index in [1.807, 2.05) is 12.3 Å². The monoisotopic (exact) mass is 300 g/mol. The maximum atomic E-state index is 11.8. The van der Waals surface area contributed by atoms with Gasteiger partial charge in [-0.15, -0.1) is 0 Å². The minimum Gasteiger partial charge on any atom is -0.370 e. The molecule has 0 unspecified atom stereocenters. The van der Waals surface area contributed by atoms with E-state index in [0.717, 1.165) is 13.1 Å². The summed E-state index contributed by atoms with van der Waals surface area (Å²) >= 11 is 0. The molecule has 1 aromatic heterocycles. The van der Waals surface area contributed by atoms with Crippen molar-refractivity contribution in [1.82, 2.24) is 15.1 Å². The second-order valence-electron chi connectivity index (χ2n) is 5.29. The van der Waals surface area contributed by atoms with E-state index in [0.29, 0.717) is 19.5 Å². The number of hydrogen-bond donors (Lipinski definition) is 1. The number of hydrogen-bond acceptors (Lipinski definition) is 3. The predicted octanol–water partition coefficient (Wildman–Crippen LogP) is 2.22. The third-order valence-electron chi connectivity index (χ3n) is 3.58. The quantitative estimate of drug-likeness (QED) is 0.813. The van der Waals surface area contributed by atoms with Crippen LogP contribution < -0.4 is 10.2 Å². The summed E-state index contributed by atoms with van der Waals surface area (Å²) in [5.41, 5.74) is 2.45. The molecule has 0 radical (unpaired) electrons. The molecule has 1 heterocycles. The van der Waals surface area contributed by atoms with Crippen molar-refractivity contribution in [2.45, 2.75) is 26.8 Å². The van der Waals surface area contributed by atoms with Crippen molar-refractivity contribution in [3.8, 4) is 0 Å². The van der Waals surface area contributed by atoms with Crippen LogP contribution in [0.4, 0.5) is 5.69 Å². The Balaban J connectivity index is 1.73. The molecule has 0 bridgehead atoms. The maximum absolute atomic E-state index is 11.8. The number of carbonyl (C=O) groups excluding carboxylic acids is 1. The number of aryl methyl sites for hydroxylation is 2. The fraction of sp³-hybridized carbons (Fsp3) is 0.412. The highest BCUT2D eigenvalue weighted by molar-refractivity contribution is 5.75. The Bertz CT molecular complexity index is 580. The molecular weight excluding hydrogens is 276 g/mol. The standard InChI is InChI=1S/C17H24N4O/c1-3-20(16-7-4-6-15(2)14-16)13-10-18-17(22)8-12-21-11-5-9-19-21/h4-7,9,11,14H,3,8,10,12-13H2,1-2H3,(H,18,22). The number of benzene rings is 1. The fourth-order valence-electron chi connectivity index (χ4n) is 2.36. The highest BCUT2D eigenvalue weighted by Crippen LogP contribution is 2.14. The van der Waals surface area contributed by atoms with Crippen molar-refractivity contribution in [2.24, 2.45) is 0 Å². The minimum absolute atomic E-state index is 0.0656. The lowest BCUT2D eigenvalue weighted by atomic mass is 10.2. The Kier molecular flexibility index (Phi) is 6.01. The molecular formula is C17H24N4O. The first kappa shape index (κ1) is 16.1. The first-order chi connectivity index (χ1) is 10.7. The SMILES string of the molecule is CCN(CCNC(=O)CCn1cccn1)c1cccc(C)c1. The van der Waals surface area contributed by atoms with Gasteiger partial charge in [0.15, 0.2) is 0 Å². The topological polar surface area (TPSA) is 50.2 Å². The molecule has 1 N–H and O–H groups in total. The van der Waals surface area contributed by atoms with Crippen LogP contribution in [0.25, 0.3) is 0 Å². The molecule has 0 saturated heterocycles. The molecule has 0 aliphatic rings. The van der Waals surface area contributed by atoms with Crippen molar-refractivity contribution in [2.75, 3.05) is 24.5 Å². The van der Waals surface area contributed by atoms with E-state index < -0.39 is 0 Å². The van der Waals surface area contributed by atoms with Gasteiger partial charge in [0.1, 0.15) is 0 Å². The van der Waals surface area contributed by atoms with Gasteiger partial charge in [0.25, 0.3) is 0 Å². The van der Waals surface area contributed by atoms with E-state index in [1.54, 1.807) is 10.9 Å². The molecule has 0 saturated carbocycles. The highest BCUT2D eigenvalue weighted by atomic mass is 16.1. The molecule has 5 heteroatoms. The van der Waals surface area contributed by atoms with Crippen LogP contribution in [0.3, 0.4) is 0 Å².